The van der Waals surface area contributed by atoms with Crippen LogP contribution in [0.2, 0.25) is 0 Å². The van der Waals surface area contributed by atoms with Gasteiger partial charge in [0.25, 0.3) is 0 Å². The van der Waals surface area contributed by atoms with E-state index in [4.69, 9.17) is 14.2 Å². The van der Waals surface area contributed by atoms with Gasteiger partial charge in [-0.1, -0.05) is 79.7 Å². The highest BCUT2D eigenvalue weighted by Crippen LogP contribution is 2.44. The fourth-order valence-corrected chi connectivity index (χ4v) is 5.49. The summed E-state index contributed by atoms with van der Waals surface area (Å²) < 4.78 is 16.9. The fourth-order valence-electron chi connectivity index (χ4n) is 5.49. The van der Waals surface area contributed by atoms with Crippen molar-refractivity contribution in [3.05, 3.63) is 119 Å². The summed E-state index contributed by atoms with van der Waals surface area (Å²) in [7, 11) is 3.19. The monoisotopic (exact) mass is 549 g/mol. The van der Waals surface area contributed by atoms with Crippen molar-refractivity contribution in [2.45, 2.75) is 38.1 Å². The minimum Gasteiger partial charge on any atom is -0.497 e. The Morgan fingerprint density at radius 2 is 1.49 bits per heavy atom. The van der Waals surface area contributed by atoms with Gasteiger partial charge in [-0.25, -0.2) is 4.79 Å². The summed E-state index contributed by atoms with van der Waals surface area (Å²) in [5.74, 6) is 1.45. The second-order valence-corrected chi connectivity index (χ2v) is 10.1. The second-order valence-electron chi connectivity index (χ2n) is 10.1. The molecule has 0 bridgehead atoms. The molecule has 1 aliphatic rings. The van der Waals surface area contributed by atoms with E-state index in [0.717, 1.165) is 27.8 Å². The number of methoxy groups -OCH3 is 2. The summed E-state index contributed by atoms with van der Waals surface area (Å²) in [4.78, 5) is 25.1. The lowest BCUT2D eigenvalue weighted by molar-refractivity contribution is -0.118. The van der Waals surface area contributed by atoms with E-state index >= 15 is 0 Å². The normalized spacial score (nSPS) is 12.7. The Kier molecular flexibility index (Phi) is 8.68. The van der Waals surface area contributed by atoms with Crippen LogP contribution >= 0.6 is 0 Å². The summed E-state index contributed by atoms with van der Waals surface area (Å²) in [5, 5.41) is 3.08. The molecule has 0 saturated carbocycles. The molecule has 0 radical (unpaired) electrons. The van der Waals surface area contributed by atoms with Gasteiger partial charge in [0.05, 0.1) is 20.3 Å². The zero-order chi connectivity index (χ0) is 28.8. The van der Waals surface area contributed by atoms with Crippen LogP contribution < -0.4 is 14.8 Å². The number of benzene rings is 4. The molecule has 5 rings (SSSR count). The lowest BCUT2D eigenvalue weighted by atomic mass is 9.95. The molecule has 1 amide bonds. The van der Waals surface area contributed by atoms with Gasteiger partial charge >= 0.3 is 6.09 Å². The molecule has 1 aliphatic carbocycles. The first kappa shape index (κ1) is 28.0. The summed E-state index contributed by atoms with van der Waals surface area (Å²) in [6.45, 7) is 2.10. The van der Waals surface area contributed by atoms with E-state index < -0.39 is 12.1 Å². The minimum atomic E-state index is -0.530. The molecular formula is C35H35NO5. The van der Waals surface area contributed by atoms with Crippen LogP contribution in [-0.4, -0.2) is 32.7 Å². The Hall–Kier alpha value is -4.58. The molecule has 1 N–H and O–H groups in total. The molecule has 0 fully saturated rings. The average Bonchev–Trinajstić information content (AvgIpc) is 3.35. The van der Waals surface area contributed by atoms with Gasteiger partial charge in [-0.15, -0.1) is 0 Å². The number of hydrogen-bond acceptors (Lipinski definition) is 5. The van der Waals surface area contributed by atoms with Gasteiger partial charge in [-0.05, 0) is 51.9 Å². The Morgan fingerprint density at radius 3 is 2.10 bits per heavy atom. The number of rotatable bonds is 11. The molecule has 0 saturated heterocycles. The number of hydrogen-bond donors (Lipinski definition) is 1. The lowest BCUT2D eigenvalue weighted by Gasteiger charge is -2.23. The highest BCUT2D eigenvalue weighted by atomic mass is 16.5. The van der Waals surface area contributed by atoms with Crippen LogP contribution in [0.1, 0.15) is 59.5 Å². The number of Topliss-reactive ketones (excluding diaryl/α,β-unsaturated/α-hetero) is 1. The van der Waals surface area contributed by atoms with E-state index in [2.05, 4.69) is 29.6 Å². The largest absolute Gasteiger partial charge is 0.497 e. The molecule has 0 aliphatic heterocycles. The number of alkyl carbamates (subject to hydrolysis) is 1. The first-order valence-electron chi connectivity index (χ1n) is 14.0. The second kappa shape index (κ2) is 12.7. The van der Waals surface area contributed by atoms with E-state index in [0.29, 0.717) is 30.8 Å². The number of aryl methyl sites for hydroxylation is 1. The molecule has 210 valence electrons. The van der Waals surface area contributed by atoms with E-state index in [1.54, 1.807) is 20.3 Å². The van der Waals surface area contributed by atoms with E-state index in [-0.39, 0.29) is 18.3 Å². The van der Waals surface area contributed by atoms with Gasteiger partial charge in [0.15, 0.2) is 0 Å². The molecule has 1 unspecified atom stereocenters. The third kappa shape index (κ3) is 6.12. The predicted molar refractivity (Wildman–Crippen MR) is 160 cm³/mol. The standard InChI is InChI=1S/C35H35NO5/c1-4-25(37)18-15-23-13-16-24(17-14-23)34(31-20-19-26(39-2)21-33(31)40-3)36-35(38)41-22-32-29-11-7-5-9-27(29)28-10-6-8-12-30(28)32/h5-14,16-17,19-21,32,34H,4,15,18,22H2,1-3H3,(H,36,38). The summed E-state index contributed by atoms with van der Waals surface area (Å²) in [5.41, 5.74) is 7.39. The fraction of sp³-hybridized carbons (Fsp3) is 0.257. The first-order valence-corrected chi connectivity index (χ1v) is 14.0. The topological polar surface area (TPSA) is 73.9 Å². The summed E-state index contributed by atoms with van der Waals surface area (Å²) in [6, 6.07) is 29.5. The number of amides is 1. The Balaban J connectivity index is 1.37. The molecule has 41 heavy (non-hydrogen) atoms. The maximum absolute atomic E-state index is 13.3. The molecule has 0 aromatic heterocycles. The van der Waals surface area contributed by atoms with Crippen molar-refractivity contribution >= 4 is 11.9 Å². The van der Waals surface area contributed by atoms with Crippen LogP contribution in [0.5, 0.6) is 11.5 Å². The molecule has 4 aromatic carbocycles. The summed E-state index contributed by atoms with van der Waals surface area (Å²) >= 11 is 0. The van der Waals surface area contributed by atoms with Crippen LogP contribution in [0.15, 0.2) is 91.0 Å². The maximum Gasteiger partial charge on any atom is 0.407 e. The van der Waals surface area contributed by atoms with Crippen LogP contribution in [-0.2, 0) is 16.0 Å². The van der Waals surface area contributed by atoms with Gasteiger partial charge in [-0.3, -0.25) is 4.79 Å². The third-order valence-electron chi connectivity index (χ3n) is 7.76. The Labute approximate surface area is 241 Å². The van der Waals surface area contributed by atoms with Crippen LogP contribution in [0.4, 0.5) is 4.79 Å². The van der Waals surface area contributed by atoms with Gasteiger partial charge in [0, 0.05) is 30.4 Å². The number of nitrogens with one attached hydrogen (secondary N) is 1. The number of carbonyl (C=O) groups is 2. The molecule has 6 heteroatoms. The zero-order valence-corrected chi connectivity index (χ0v) is 23.7. The quantitative estimate of drug-likeness (QED) is 0.213. The molecule has 0 heterocycles. The highest BCUT2D eigenvalue weighted by molar-refractivity contribution is 5.79. The number of carbonyl (C=O) groups excluding carboxylic acids is 2. The van der Waals surface area contributed by atoms with Crippen molar-refractivity contribution in [1.82, 2.24) is 5.32 Å². The van der Waals surface area contributed by atoms with Crippen molar-refractivity contribution in [2.75, 3.05) is 20.8 Å². The van der Waals surface area contributed by atoms with Crippen molar-refractivity contribution in [1.29, 1.82) is 0 Å². The molecule has 0 spiro atoms. The van der Waals surface area contributed by atoms with Crippen LogP contribution in [0, 0.1) is 0 Å². The lowest BCUT2D eigenvalue weighted by Crippen LogP contribution is -2.31. The van der Waals surface area contributed by atoms with Crippen LogP contribution in [0.25, 0.3) is 11.1 Å². The number of ether oxygens (including phenoxy) is 3. The van der Waals surface area contributed by atoms with Gasteiger partial charge in [0.1, 0.15) is 23.9 Å². The molecular weight excluding hydrogens is 514 g/mol. The smallest absolute Gasteiger partial charge is 0.407 e. The Morgan fingerprint density at radius 1 is 0.829 bits per heavy atom. The minimum absolute atomic E-state index is 0.0350. The van der Waals surface area contributed by atoms with Gasteiger partial charge < -0.3 is 19.5 Å². The maximum atomic E-state index is 13.3. The third-order valence-corrected chi connectivity index (χ3v) is 7.76. The van der Waals surface area contributed by atoms with Crippen molar-refractivity contribution in [2.24, 2.45) is 0 Å². The van der Waals surface area contributed by atoms with Gasteiger partial charge in [-0.2, -0.15) is 0 Å². The van der Waals surface area contributed by atoms with E-state index in [1.165, 1.54) is 11.1 Å². The van der Waals surface area contributed by atoms with Crippen molar-refractivity contribution in [3.63, 3.8) is 0 Å². The first-order chi connectivity index (χ1) is 20.0. The highest BCUT2D eigenvalue weighted by Gasteiger charge is 2.30. The zero-order valence-electron chi connectivity index (χ0n) is 23.7. The van der Waals surface area contributed by atoms with Crippen molar-refractivity contribution in [3.8, 4) is 22.6 Å². The SMILES string of the molecule is CCC(=O)CCc1ccc(C(NC(=O)OCC2c3ccccc3-c3ccccc32)c2ccc(OC)cc2OC)cc1. The Bertz CT molecular complexity index is 1480. The molecule has 6 nitrogen and oxygen atoms in total. The average molecular weight is 550 g/mol. The van der Waals surface area contributed by atoms with Crippen LogP contribution in [0.3, 0.4) is 0 Å². The van der Waals surface area contributed by atoms with Crippen molar-refractivity contribution < 1.29 is 23.8 Å². The molecule has 4 aromatic rings. The molecule has 1 atom stereocenters. The summed E-state index contributed by atoms with van der Waals surface area (Å²) in [6.07, 6.45) is 1.22. The van der Waals surface area contributed by atoms with Gasteiger partial charge in [0.2, 0.25) is 0 Å². The predicted octanol–water partition coefficient (Wildman–Crippen LogP) is 7.24. The number of ketones is 1. The number of fused-ring (bicyclic) bond motifs is 3. The van der Waals surface area contributed by atoms with E-state index in [9.17, 15) is 9.59 Å². The van der Waals surface area contributed by atoms with E-state index in [1.807, 2.05) is 67.6 Å².